The van der Waals surface area contributed by atoms with Gasteiger partial charge in [0, 0.05) is 42.4 Å². The van der Waals surface area contributed by atoms with Gasteiger partial charge in [-0.1, -0.05) is 18.2 Å². The van der Waals surface area contributed by atoms with Gasteiger partial charge in [0.15, 0.2) is 0 Å². The summed E-state index contributed by atoms with van der Waals surface area (Å²) in [5.74, 6) is 0. The van der Waals surface area contributed by atoms with Gasteiger partial charge < -0.3 is 10.2 Å². The number of piperidine rings is 1. The average molecular weight is 273 g/mol. The van der Waals surface area contributed by atoms with Crippen molar-refractivity contribution in [2.75, 3.05) is 18.0 Å². The average Bonchev–Trinajstić information content (AvgIpc) is 3.00. The maximum atomic E-state index is 4.11. The van der Waals surface area contributed by atoms with E-state index in [4.69, 9.17) is 0 Å². The zero-order chi connectivity index (χ0) is 12.9. The molecule has 0 unspecified atom stereocenters. The third-order valence-electron chi connectivity index (χ3n) is 3.66. The third kappa shape index (κ3) is 3.33. The van der Waals surface area contributed by atoms with Crippen LogP contribution in [0.25, 0.3) is 0 Å². The Morgan fingerprint density at radius 1 is 1.21 bits per heavy atom. The fourth-order valence-corrected chi connectivity index (χ4v) is 3.10. The van der Waals surface area contributed by atoms with Crippen molar-refractivity contribution in [1.82, 2.24) is 10.3 Å². The highest BCUT2D eigenvalue weighted by Crippen LogP contribution is 2.19. The predicted octanol–water partition coefficient (Wildman–Crippen LogP) is 2.90. The van der Waals surface area contributed by atoms with Crippen LogP contribution in [0.3, 0.4) is 0 Å². The SMILES string of the molecule is c1ccc(N2CCC(NCc3cncs3)CC2)cc1. The molecule has 4 heteroatoms. The van der Waals surface area contributed by atoms with E-state index in [-0.39, 0.29) is 0 Å². The number of thiazole rings is 1. The molecule has 0 bridgehead atoms. The van der Waals surface area contributed by atoms with E-state index >= 15 is 0 Å². The smallest absolute Gasteiger partial charge is 0.0794 e. The lowest BCUT2D eigenvalue weighted by Gasteiger charge is -2.34. The van der Waals surface area contributed by atoms with Crippen molar-refractivity contribution < 1.29 is 0 Å². The highest BCUT2D eigenvalue weighted by Gasteiger charge is 2.18. The van der Waals surface area contributed by atoms with Crippen molar-refractivity contribution in [3.8, 4) is 0 Å². The summed E-state index contributed by atoms with van der Waals surface area (Å²) in [6, 6.07) is 11.3. The summed E-state index contributed by atoms with van der Waals surface area (Å²) >= 11 is 1.72. The highest BCUT2D eigenvalue weighted by molar-refractivity contribution is 7.09. The molecule has 19 heavy (non-hydrogen) atoms. The first-order valence-corrected chi connectivity index (χ1v) is 7.70. The van der Waals surface area contributed by atoms with Gasteiger partial charge >= 0.3 is 0 Å². The van der Waals surface area contributed by atoms with Gasteiger partial charge in [-0.3, -0.25) is 4.98 Å². The molecule has 2 heterocycles. The van der Waals surface area contributed by atoms with E-state index in [1.165, 1.54) is 23.4 Å². The van der Waals surface area contributed by atoms with Crippen molar-refractivity contribution in [3.63, 3.8) is 0 Å². The molecule has 1 N–H and O–H groups in total. The van der Waals surface area contributed by atoms with Crippen molar-refractivity contribution in [3.05, 3.63) is 46.9 Å². The second kappa shape index (κ2) is 6.17. The molecule has 3 nitrogen and oxygen atoms in total. The lowest BCUT2D eigenvalue weighted by molar-refractivity contribution is 0.415. The minimum absolute atomic E-state index is 0.641. The van der Waals surface area contributed by atoms with Crippen molar-refractivity contribution in [1.29, 1.82) is 0 Å². The molecule has 1 aromatic carbocycles. The van der Waals surface area contributed by atoms with E-state index in [1.54, 1.807) is 11.3 Å². The van der Waals surface area contributed by atoms with Crippen LogP contribution in [0.2, 0.25) is 0 Å². The fraction of sp³-hybridized carbons (Fsp3) is 0.400. The molecule has 3 rings (SSSR count). The summed E-state index contributed by atoms with van der Waals surface area (Å²) in [5.41, 5.74) is 3.25. The molecule has 0 spiro atoms. The Hall–Kier alpha value is -1.39. The number of nitrogens with zero attached hydrogens (tertiary/aromatic N) is 2. The van der Waals surface area contributed by atoms with Gasteiger partial charge in [-0.2, -0.15) is 0 Å². The molecule has 0 aliphatic carbocycles. The first-order valence-electron chi connectivity index (χ1n) is 6.82. The maximum Gasteiger partial charge on any atom is 0.0794 e. The number of benzene rings is 1. The number of rotatable bonds is 4. The van der Waals surface area contributed by atoms with Crippen LogP contribution < -0.4 is 10.2 Å². The Kier molecular flexibility index (Phi) is 4.10. The molecular weight excluding hydrogens is 254 g/mol. The molecule has 100 valence electrons. The first kappa shape index (κ1) is 12.6. The Morgan fingerprint density at radius 3 is 2.68 bits per heavy atom. The van der Waals surface area contributed by atoms with E-state index in [2.05, 4.69) is 45.5 Å². The Bertz CT molecular complexity index is 475. The second-order valence-corrected chi connectivity index (χ2v) is 5.92. The molecule has 0 saturated carbocycles. The number of aromatic nitrogens is 1. The summed E-state index contributed by atoms with van der Waals surface area (Å²) in [7, 11) is 0. The van der Waals surface area contributed by atoms with Crippen LogP contribution in [-0.4, -0.2) is 24.1 Å². The molecular formula is C15H19N3S. The van der Waals surface area contributed by atoms with Crippen LogP contribution in [0.15, 0.2) is 42.0 Å². The van der Waals surface area contributed by atoms with Crippen LogP contribution in [0.1, 0.15) is 17.7 Å². The molecule has 1 saturated heterocycles. The standard InChI is InChI=1S/C15H19N3S/c1-2-4-14(5-3-1)18-8-6-13(7-9-18)17-11-15-10-16-12-19-15/h1-5,10,12-13,17H,6-9,11H2. The minimum atomic E-state index is 0.641. The number of nitrogens with one attached hydrogen (secondary N) is 1. The molecule has 0 atom stereocenters. The minimum Gasteiger partial charge on any atom is -0.371 e. The summed E-state index contributed by atoms with van der Waals surface area (Å²) < 4.78 is 0. The van der Waals surface area contributed by atoms with Gasteiger partial charge in [0.05, 0.1) is 5.51 Å². The third-order valence-corrected chi connectivity index (χ3v) is 4.44. The zero-order valence-corrected chi connectivity index (χ0v) is 11.8. The Morgan fingerprint density at radius 2 is 2.00 bits per heavy atom. The zero-order valence-electron chi connectivity index (χ0n) is 11.0. The van der Waals surface area contributed by atoms with Crippen LogP contribution in [0.5, 0.6) is 0 Å². The van der Waals surface area contributed by atoms with E-state index in [0.717, 1.165) is 19.6 Å². The monoisotopic (exact) mass is 273 g/mol. The van der Waals surface area contributed by atoms with Gasteiger partial charge in [0.25, 0.3) is 0 Å². The first-order chi connectivity index (χ1) is 9.42. The van der Waals surface area contributed by atoms with Crippen LogP contribution in [-0.2, 0) is 6.54 Å². The molecule has 1 aliphatic heterocycles. The van der Waals surface area contributed by atoms with Crippen molar-refractivity contribution in [2.24, 2.45) is 0 Å². The molecule has 2 aromatic rings. The summed E-state index contributed by atoms with van der Waals surface area (Å²) in [4.78, 5) is 7.91. The molecule has 1 fully saturated rings. The quantitative estimate of drug-likeness (QED) is 0.928. The fourth-order valence-electron chi connectivity index (χ4n) is 2.55. The number of hydrogen-bond acceptors (Lipinski definition) is 4. The summed E-state index contributed by atoms with van der Waals surface area (Å²) in [5, 5.41) is 3.64. The molecule has 1 aliphatic rings. The highest BCUT2D eigenvalue weighted by atomic mass is 32.1. The van der Waals surface area contributed by atoms with Gasteiger partial charge in [-0.15, -0.1) is 11.3 Å². The topological polar surface area (TPSA) is 28.2 Å². The molecule has 1 aromatic heterocycles. The Labute approximate surface area is 118 Å². The largest absolute Gasteiger partial charge is 0.371 e. The normalized spacial score (nSPS) is 16.7. The summed E-state index contributed by atoms with van der Waals surface area (Å²) in [6.07, 6.45) is 4.39. The molecule has 0 amide bonds. The van der Waals surface area contributed by atoms with E-state index in [9.17, 15) is 0 Å². The van der Waals surface area contributed by atoms with Gasteiger partial charge in [0.1, 0.15) is 0 Å². The predicted molar refractivity (Wildman–Crippen MR) is 80.6 cm³/mol. The van der Waals surface area contributed by atoms with Crippen LogP contribution >= 0.6 is 11.3 Å². The summed E-state index contributed by atoms with van der Waals surface area (Å²) in [6.45, 7) is 3.25. The lowest BCUT2D eigenvalue weighted by Crippen LogP contribution is -2.42. The Balaban J connectivity index is 1.47. The number of para-hydroxylation sites is 1. The van der Waals surface area contributed by atoms with E-state index < -0.39 is 0 Å². The molecule has 0 radical (unpaired) electrons. The van der Waals surface area contributed by atoms with Gasteiger partial charge in [-0.25, -0.2) is 0 Å². The maximum absolute atomic E-state index is 4.11. The van der Waals surface area contributed by atoms with Crippen LogP contribution in [0, 0.1) is 0 Å². The van der Waals surface area contributed by atoms with Crippen molar-refractivity contribution >= 4 is 17.0 Å². The lowest BCUT2D eigenvalue weighted by atomic mass is 10.0. The van der Waals surface area contributed by atoms with E-state index in [0.29, 0.717) is 6.04 Å². The number of anilines is 1. The van der Waals surface area contributed by atoms with E-state index in [1.807, 2.05) is 11.7 Å². The number of hydrogen-bond donors (Lipinski definition) is 1. The van der Waals surface area contributed by atoms with Crippen LogP contribution in [0.4, 0.5) is 5.69 Å². The second-order valence-electron chi connectivity index (χ2n) is 4.95. The van der Waals surface area contributed by atoms with Gasteiger partial charge in [0.2, 0.25) is 0 Å². The van der Waals surface area contributed by atoms with Crippen molar-refractivity contribution in [2.45, 2.75) is 25.4 Å². The van der Waals surface area contributed by atoms with Gasteiger partial charge in [-0.05, 0) is 25.0 Å².